The minimum absolute atomic E-state index is 0.0175. The normalized spacial score (nSPS) is 25.5. The Hall–Kier alpha value is -0.360. The van der Waals surface area contributed by atoms with Gasteiger partial charge < -0.3 is 0 Å². The lowest BCUT2D eigenvalue weighted by Gasteiger charge is -2.28. The Morgan fingerprint density at radius 3 is 2.60 bits per heavy atom. The molecular weight excluding hydrogens is 148 g/mol. The van der Waals surface area contributed by atoms with Crippen molar-refractivity contribution in [3.05, 3.63) is 0 Å². The molecule has 0 unspecified atom stereocenters. The minimum Gasteiger partial charge on any atom is -0.263 e. The molecule has 0 aromatic heterocycles. The van der Waals surface area contributed by atoms with E-state index in [2.05, 4.69) is 25.7 Å². The summed E-state index contributed by atoms with van der Waals surface area (Å²) in [4.78, 5) is 16.6. The minimum atomic E-state index is -0.0175. The van der Waals surface area contributed by atoms with Gasteiger partial charge in [0.05, 0.1) is 0 Å². The van der Waals surface area contributed by atoms with Gasteiger partial charge in [0.25, 0.3) is 0 Å². The first-order valence-corrected chi connectivity index (χ1v) is 2.16. The lowest BCUT2D eigenvalue weighted by Crippen LogP contribution is -2.47. The molecule has 1 fully saturated rings. The number of nitrogens with two attached hydrogens (primary N) is 1. The van der Waals surface area contributed by atoms with Crippen LogP contribution in [0.3, 0.4) is 0 Å². The van der Waals surface area contributed by atoms with E-state index in [1.54, 1.807) is 0 Å². The van der Waals surface area contributed by atoms with Gasteiger partial charge in [0.15, 0.2) is 0 Å². The molecule has 0 atom stereocenters. The van der Waals surface area contributed by atoms with Crippen molar-refractivity contribution in [1.82, 2.24) is 16.0 Å². The van der Waals surface area contributed by atoms with Crippen LogP contribution in [0.2, 0.25) is 0 Å². The van der Waals surface area contributed by atoms with Gasteiger partial charge in [0.2, 0.25) is 0 Å². The summed E-state index contributed by atoms with van der Waals surface area (Å²) in [5.41, 5.74) is 0. The second-order valence-electron chi connectivity index (χ2n) is 1.25. The number of hydrogen-bond acceptors (Lipinski definition) is 9. The van der Waals surface area contributed by atoms with E-state index in [4.69, 9.17) is 5.21 Å². The fourth-order valence-electron chi connectivity index (χ4n) is 0.332. The zero-order chi connectivity index (χ0) is 7.56. The fraction of sp³-hybridized carbons (Fsp3) is 1.00. The maximum absolute atomic E-state index is 8.47. The highest BCUT2D eigenvalue weighted by Crippen LogP contribution is 2.05. The van der Waals surface area contributed by atoms with Crippen molar-refractivity contribution in [3.8, 4) is 0 Å². The molecule has 0 saturated carbocycles. The molecule has 0 amide bonds. The second-order valence-corrected chi connectivity index (χ2v) is 1.25. The smallest absolute Gasteiger partial charge is 0.137 e. The standard InChI is InChI=1S/CH6N4O5/c1-3-8-4(6)10-5(7-2)9-3/h6H,2H2,1H3. The van der Waals surface area contributed by atoms with E-state index < -0.39 is 0 Å². The van der Waals surface area contributed by atoms with Crippen molar-refractivity contribution in [3.63, 3.8) is 0 Å². The molecule has 1 aliphatic heterocycles. The van der Waals surface area contributed by atoms with Gasteiger partial charge in [-0.25, -0.2) is 0 Å². The van der Waals surface area contributed by atoms with Crippen LogP contribution >= 0.6 is 0 Å². The van der Waals surface area contributed by atoms with Crippen LogP contribution in [0.4, 0.5) is 0 Å². The lowest BCUT2D eigenvalue weighted by atomic mass is 11.5. The molecule has 0 spiro atoms. The van der Waals surface area contributed by atoms with E-state index in [-0.39, 0.29) is 5.39 Å². The summed E-state index contributed by atoms with van der Waals surface area (Å²) in [5.74, 6) is 4.58. The number of rotatable bonds is 1. The molecule has 60 valence electrons. The topological polar surface area (TPSA) is 92.9 Å². The first-order valence-electron chi connectivity index (χ1n) is 2.16. The molecule has 0 radical (unpaired) electrons. The molecule has 3 N–H and O–H groups in total. The molecule has 1 heterocycles. The quantitative estimate of drug-likeness (QED) is 0.427. The van der Waals surface area contributed by atoms with Crippen molar-refractivity contribution in [2.45, 2.75) is 0 Å². The maximum atomic E-state index is 8.47. The van der Waals surface area contributed by atoms with Crippen molar-refractivity contribution >= 4 is 0 Å². The van der Waals surface area contributed by atoms with E-state index in [1.165, 1.54) is 7.05 Å². The first kappa shape index (κ1) is 7.74. The SMILES string of the molecule is CN1ON(O)ON(ON)O1. The van der Waals surface area contributed by atoms with Gasteiger partial charge in [0, 0.05) is 7.05 Å². The maximum Gasteiger partial charge on any atom is 0.137 e. The number of nitrogens with zero attached hydrogens (tertiary/aromatic N) is 3. The molecule has 1 aliphatic rings. The third-order valence-electron chi connectivity index (χ3n) is 0.589. The highest BCUT2D eigenvalue weighted by atomic mass is 17.4. The predicted octanol–water partition coefficient (Wildman–Crippen LogP) is -1.73. The summed E-state index contributed by atoms with van der Waals surface area (Å²) >= 11 is 0. The molecule has 9 nitrogen and oxygen atoms in total. The van der Waals surface area contributed by atoms with Crippen molar-refractivity contribution in [1.29, 1.82) is 0 Å². The zero-order valence-corrected chi connectivity index (χ0v) is 5.00. The molecule has 1 rings (SSSR count). The molecule has 9 heteroatoms. The van der Waals surface area contributed by atoms with Crippen LogP contribution < -0.4 is 5.90 Å². The molecule has 0 aromatic rings. The average Bonchev–Trinajstić information content (AvgIpc) is 1.85. The summed E-state index contributed by atoms with van der Waals surface area (Å²) in [7, 11) is 1.33. The number of hydrogen-bond donors (Lipinski definition) is 2. The monoisotopic (exact) mass is 154 g/mol. The molecule has 0 aromatic carbocycles. The molecular formula is CH6N4O5. The Morgan fingerprint density at radius 1 is 1.40 bits per heavy atom. The largest absolute Gasteiger partial charge is 0.263 e. The van der Waals surface area contributed by atoms with E-state index in [0.29, 0.717) is 5.39 Å². The van der Waals surface area contributed by atoms with E-state index in [0.717, 1.165) is 5.23 Å². The molecule has 0 aliphatic carbocycles. The predicted molar refractivity (Wildman–Crippen MR) is 21.8 cm³/mol. The third-order valence-corrected chi connectivity index (χ3v) is 0.589. The Morgan fingerprint density at radius 2 is 2.10 bits per heavy atom. The summed E-state index contributed by atoms with van der Waals surface area (Å²) in [6.07, 6.45) is 0. The lowest BCUT2D eigenvalue weighted by molar-refractivity contribution is -0.803. The van der Waals surface area contributed by atoms with Gasteiger partial charge in [0.1, 0.15) is 10.8 Å². The Labute approximate surface area is 55.2 Å². The summed E-state index contributed by atoms with van der Waals surface area (Å²) in [5, 5.41) is 9.50. The van der Waals surface area contributed by atoms with Gasteiger partial charge in [-0.05, 0) is 5.23 Å². The van der Waals surface area contributed by atoms with E-state index in [1.807, 2.05) is 0 Å². The van der Waals surface area contributed by atoms with Gasteiger partial charge >= 0.3 is 0 Å². The van der Waals surface area contributed by atoms with Crippen LogP contribution in [0.25, 0.3) is 0 Å². The van der Waals surface area contributed by atoms with Gasteiger partial charge in [-0.2, -0.15) is 10.8 Å². The van der Waals surface area contributed by atoms with Crippen LogP contribution in [-0.2, 0) is 19.8 Å². The Balaban J connectivity index is 2.35. The van der Waals surface area contributed by atoms with Gasteiger partial charge in [-0.15, -0.1) is 9.88 Å². The van der Waals surface area contributed by atoms with Crippen molar-refractivity contribution in [2.75, 3.05) is 7.05 Å². The van der Waals surface area contributed by atoms with Crippen LogP contribution in [0.5, 0.6) is 0 Å². The molecule has 1 saturated heterocycles. The molecule has 0 bridgehead atoms. The van der Waals surface area contributed by atoms with Crippen molar-refractivity contribution < 1.29 is 25.0 Å². The summed E-state index contributed by atoms with van der Waals surface area (Å²) in [6, 6.07) is 0. The third kappa shape index (κ3) is 1.81. The van der Waals surface area contributed by atoms with Crippen LogP contribution in [0.1, 0.15) is 0 Å². The zero-order valence-electron chi connectivity index (χ0n) is 5.00. The second kappa shape index (κ2) is 3.16. The Kier molecular flexibility index (Phi) is 2.44. The highest BCUT2D eigenvalue weighted by Gasteiger charge is 2.24. The van der Waals surface area contributed by atoms with Gasteiger partial charge in [-0.1, -0.05) is 4.94 Å². The van der Waals surface area contributed by atoms with Crippen LogP contribution in [0.15, 0.2) is 0 Å². The van der Waals surface area contributed by atoms with Crippen LogP contribution in [0, 0.1) is 0 Å². The van der Waals surface area contributed by atoms with E-state index >= 15 is 0 Å². The molecule has 10 heavy (non-hydrogen) atoms. The van der Waals surface area contributed by atoms with Gasteiger partial charge in [-0.3, -0.25) is 5.21 Å². The summed E-state index contributed by atoms with van der Waals surface area (Å²) < 4.78 is 0. The van der Waals surface area contributed by atoms with E-state index in [9.17, 15) is 0 Å². The Bertz CT molecular complexity index is 99.8. The summed E-state index contributed by atoms with van der Waals surface area (Å²) in [6.45, 7) is 0. The average molecular weight is 154 g/mol. The highest BCUT2D eigenvalue weighted by molar-refractivity contribution is 3.89. The number of hydroxylamine groups is 2. The van der Waals surface area contributed by atoms with Crippen molar-refractivity contribution in [2.24, 2.45) is 5.90 Å². The first-order chi connectivity index (χ1) is 4.72. The fourth-order valence-corrected chi connectivity index (χ4v) is 0.332. The van der Waals surface area contributed by atoms with Crippen LogP contribution in [-0.4, -0.2) is 28.3 Å².